The average molecular weight is 411 g/mol. The summed E-state index contributed by atoms with van der Waals surface area (Å²) in [5.41, 5.74) is -0.456. The maximum atomic E-state index is 12.4. The molecular weight excluding hydrogens is 386 g/mol. The summed E-state index contributed by atoms with van der Waals surface area (Å²) in [5, 5.41) is 8.08. The van der Waals surface area contributed by atoms with Gasteiger partial charge in [0.2, 0.25) is 5.88 Å². The van der Waals surface area contributed by atoms with Crippen LogP contribution in [0.15, 0.2) is 35.1 Å². The van der Waals surface area contributed by atoms with Crippen molar-refractivity contribution in [1.82, 2.24) is 25.1 Å². The van der Waals surface area contributed by atoms with Crippen LogP contribution in [0.5, 0.6) is 5.88 Å². The Kier molecular flexibility index (Phi) is 4.97. The van der Waals surface area contributed by atoms with E-state index in [1.54, 1.807) is 4.90 Å². The molecule has 0 radical (unpaired) electrons. The fourth-order valence-electron chi connectivity index (χ4n) is 3.48. The lowest BCUT2D eigenvalue weighted by Crippen LogP contribution is -2.36. The van der Waals surface area contributed by atoms with Gasteiger partial charge in [0, 0.05) is 17.8 Å². The van der Waals surface area contributed by atoms with Gasteiger partial charge in [-0.2, -0.15) is 5.10 Å². The number of hydrogen-bond acceptors (Lipinski definition) is 6. The summed E-state index contributed by atoms with van der Waals surface area (Å²) in [4.78, 5) is 32.8. The van der Waals surface area contributed by atoms with Crippen molar-refractivity contribution >= 4 is 16.9 Å². The lowest BCUT2D eigenvalue weighted by molar-refractivity contribution is 0.0274. The zero-order valence-corrected chi connectivity index (χ0v) is 17.4. The highest BCUT2D eigenvalue weighted by molar-refractivity contribution is 5.89. The second kappa shape index (κ2) is 7.47. The van der Waals surface area contributed by atoms with Crippen molar-refractivity contribution in [1.29, 1.82) is 0 Å². The number of aromatic amines is 2. The molecule has 1 aromatic carbocycles. The van der Waals surface area contributed by atoms with E-state index in [0.29, 0.717) is 30.5 Å². The number of hydrogen-bond donors (Lipinski definition) is 2. The molecule has 30 heavy (non-hydrogen) atoms. The number of pyridine rings is 1. The monoisotopic (exact) mass is 411 g/mol. The van der Waals surface area contributed by atoms with E-state index in [0.717, 1.165) is 10.8 Å². The second-order valence-corrected chi connectivity index (χ2v) is 8.58. The van der Waals surface area contributed by atoms with Crippen LogP contribution in [0.3, 0.4) is 0 Å². The third-order valence-corrected chi connectivity index (χ3v) is 4.91. The molecule has 2 N–H and O–H groups in total. The largest absolute Gasteiger partial charge is 0.472 e. The molecule has 158 valence electrons. The number of carbonyl (C=O) groups is 1. The highest BCUT2D eigenvalue weighted by Crippen LogP contribution is 2.31. The highest BCUT2D eigenvalue weighted by atomic mass is 16.6. The van der Waals surface area contributed by atoms with Gasteiger partial charge in [-0.1, -0.05) is 25.1 Å². The van der Waals surface area contributed by atoms with E-state index in [9.17, 15) is 9.59 Å². The van der Waals surface area contributed by atoms with Gasteiger partial charge >= 0.3 is 11.8 Å². The van der Waals surface area contributed by atoms with Crippen LogP contribution in [0.4, 0.5) is 4.79 Å². The Bertz CT molecular complexity index is 1130. The number of nitrogens with zero attached hydrogens (tertiary/aromatic N) is 3. The van der Waals surface area contributed by atoms with Crippen LogP contribution in [0.1, 0.15) is 27.7 Å². The first kappa shape index (κ1) is 19.9. The maximum absolute atomic E-state index is 12.4. The molecule has 9 heteroatoms. The van der Waals surface area contributed by atoms with Gasteiger partial charge in [0.1, 0.15) is 17.4 Å². The molecule has 0 bridgehead atoms. The standard InChI is InChI=1S/C21H25N5O4/c1-12-10-26(20(28)30-21(2,3)4)11-16(12)29-18-14-8-6-5-7-13(14)9-15(22-18)17-23-19(27)25-24-17/h5-9,12,16H,10-11H2,1-4H3,(H2,23,24,25,27)/t12-,16-/m0/s1. The molecule has 3 aromatic rings. The molecular formula is C21H25N5O4. The molecule has 9 nitrogen and oxygen atoms in total. The topological polar surface area (TPSA) is 113 Å². The Balaban J connectivity index is 1.62. The van der Waals surface area contributed by atoms with Crippen molar-refractivity contribution < 1.29 is 14.3 Å². The van der Waals surface area contributed by atoms with E-state index in [-0.39, 0.29) is 18.1 Å². The minimum Gasteiger partial charge on any atom is -0.472 e. The van der Waals surface area contributed by atoms with E-state index < -0.39 is 11.3 Å². The summed E-state index contributed by atoms with van der Waals surface area (Å²) in [6, 6.07) is 9.56. The van der Waals surface area contributed by atoms with Crippen LogP contribution < -0.4 is 10.4 Å². The quantitative estimate of drug-likeness (QED) is 0.685. The number of likely N-dealkylation sites (tertiary alicyclic amines) is 1. The second-order valence-electron chi connectivity index (χ2n) is 8.58. The number of ether oxygens (including phenoxy) is 2. The van der Waals surface area contributed by atoms with Crippen molar-refractivity contribution in [3.05, 3.63) is 40.8 Å². The van der Waals surface area contributed by atoms with Gasteiger partial charge in [-0.05, 0) is 38.3 Å². The summed E-state index contributed by atoms with van der Waals surface area (Å²) in [5.74, 6) is 0.882. The minimum absolute atomic E-state index is 0.104. The van der Waals surface area contributed by atoms with Gasteiger partial charge in [-0.25, -0.2) is 19.7 Å². The SMILES string of the molecule is C[C@H]1CN(C(=O)OC(C)(C)C)C[C@@H]1Oc1nc(-c2n[nH]c(=O)[nH]2)cc2ccccc12. The zero-order valence-electron chi connectivity index (χ0n) is 17.4. The Labute approximate surface area is 173 Å². The molecule has 2 aromatic heterocycles. The fourth-order valence-corrected chi connectivity index (χ4v) is 3.48. The third-order valence-electron chi connectivity index (χ3n) is 4.91. The first-order valence-corrected chi connectivity index (χ1v) is 9.89. The maximum Gasteiger partial charge on any atom is 0.410 e. The van der Waals surface area contributed by atoms with Crippen molar-refractivity contribution in [2.75, 3.05) is 13.1 Å². The lowest BCUT2D eigenvalue weighted by Gasteiger charge is -2.24. The van der Waals surface area contributed by atoms with E-state index in [1.165, 1.54) is 0 Å². The van der Waals surface area contributed by atoms with Gasteiger partial charge < -0.3 is 14.4 Å². The first-order chi connectivity index (χ1) is 14.2. The molecule has 1 fully saturated rings. The van der Waals surface area contributed by atoms with Crippen molar-refractivity contribution in [2.45, 2.75) is 39.4 Å². The van der Waals surface area contributed by atoms with Gasteiger partial charge in [-0.3, -0.25) is 4.98 Å². The molecule has 2 atom stereocenters. The molecule has 1 aliphatic heterocycles. The van der Waals surface area contributed by atoms with Crippen LogP contribution in [-0.4, -0.2) is 56.0 Å². The predicted molar refractivity (Wildman–Crippen MR) is 111 cm³/mol. The molecule has 0 spiro atoms. The van der Waals surface area contributed by atoms with E-state index >= 15 is 0 Å². The number of fused-ring (bicyclic) bond motifs is 1. The summed E-state index contributed by atoms with van der Waals surface area (Å²) in [7, 11) is 0. The number of carbonyl (C=O) groups excluding carboxylic acids is 1. The Morgan fingerprint density at radius 1 is 1.23 bits per heavy atom. The minimum atomic E-state index is -0.550. The van der Waals surface area contributed by atoms with Crippen molar-refractivity contribution in [3.8, 4) is 17.4 Å². The lowest BCUT2D eigenvalue weighted by atomic mass is 10.1. The smallest absolute Gasteiger partial charge is 0.410 e. The summed E-state index contributed by atoms with van der Waals surface area (Å²) in [6.07, 6.45) is -0.581. The number of rotatable bonds is 3. The summed E-state index contributed by atoms with van der Waals surface area (Å²) < 4.78 is 11.8. The van der Waals surface area contributed by atoms with E-state index in [2.05, 4.69) is 20.2 Å². The first-order valence-electron chi connectivity index (χ1n) is 9.89. The predicted octanol–water partition coefficient (Wildman–Crippen LogP) is 2.95. The number of benzene rings is 1. The van der Waals surface area contributed by atoms with Gasteiger partial charge in [0.05, 0.1) is 6.54 Å². The van der Waals surface area contributed by atoms with Crippen molar-refractivity contribution in [3.63, 3.8) is 0 Å². The summed E-state index contributed by atoms with van der Waals surface area (Å²) >= 11 is 0. The van der Waals surface area contributed by atoms with Crippen LogP contribution >= 0.6 is 0 Å². The van der Waals surface area contributed by atoms with Crippen LogP contribution in [0, 0.1) is 5.92 Å². The van der Waals surface area contributed by atoms with Gasteiger partial charge in [0.25, 0.3) is 0 Å². The number of amides is 1. The highest BCUT2D eigenvalue weighted by Gasteiger charge is 2.36. The zero-order chi connectivity index (χ0) is 21.5. The molecule has 1 aliphatic rings. The van der Waals surface area contributed by atoms with Crippen molar-refractivity contribution in [2.24, 2.45) is 5.92 Å². The Hall–Kier alpha value is -3.36. The van der Waals surface area contributed by atoms with Crippen LogP contribution in [0.2, 0.25) is 0 Å². The molecule has 0 saturated carbocycles. The summed E-state index contributed by atoms with van der Waals surface area (Å²) in [6.45, 7) is 8.53. The molecule has 0 aliphatic carbocycles. The normalized spacial score (nSPS) is 19.3. The Morgan fingerprint density at radius 3 is 2.70 bits per heavy atom. The van der Waals surface area contributed by atoms with E-state index in [1.807, 2.05) is 58.0 Å². The number of aromatic nitrogens is 4. The molecule has 0 unspecified atom stereocenters. The third kappa shape index (κ3) is 4.14. The molecule has 1 saturated heterocycles. The molecule has 3 heterocycles. The van der Waals surface area contributed by atoms with Gasteiger partial charge in [0.15, 0.2) is 5.82 Å². The molecule has 4 rings (SSSR count). The van der Waals surface area contributed by atoms with Crippen LogP contribution in [-0.2, 0) is 4.74 Å². The molecule has 1 amide bonds. The van der Waals surface area contributed by atoms with E-state index in [4.69, 9.17) is 9.47 Å². The van der Waals surface area contributed by atoms with Gasteiger partial charge in [-0.15, -0.1) is 0 Å². The fraction of sp³-hybridized carbons (Fsp3) is 0.429. The average Bonchev–Trinajstić information content (AvgIpc) is 3.26. The number of H-pyrrole nitrogens is 2. The van der Waals surface area contributed by atoms with Crippen LogP contribution in [0.25, 0.3) is 22.3 Å². The Morgan fingerprint density at radius 2 is 2.00 bits per heavy atom. The number of nitrogens with one attached hydrogen (secondary N) is 2.